The molecule has 3 rings (SSSR count). The smallest absolute Gasteiger partial charge is 0.293 e. The summed E-state index contributed by atoms with van der Waals surface area (Å²) in [5.74, 6) is -0.402. The van der Waals surface area contributed by atoms with E-state index in [0.29, 0.717) is 22.3 Å². The lowest BCUT2D eigenvalue weighted by Crippen LogP contribution is -2.22. The minimum Gasteiger partial charge on any atom is -0.375 e. The fraction of sp³-hybridized carbons (Fsp3) is 0.0952. The van der Waals surface area contributed by atoms with Gasteiger partial charge in [0.15, 0.2) is 0 Å². The number of rotatable bonds is 7. The van der Waals surface area contributed by atoms with E-state index in [1.807, 2.05) is 18.2 Å². The van der Waals surface area contributed by atoms with Crippen LogP contribution in [0.3, 0.4) is 0 Å². The first-order chi connectivity index (χ1) is 13.9. The molecule has 6 nitrogen and oxygen atoms in total. The van der Waals surface area contributed by atoms with Gasteiger partial charge in [0, 0.05) is 34.8 Å². The number of hydrogen-bond acceptors (Lipinski definition) is 4. The van der Waals surface area contributed by atoms with Crippen molar-refractivity contribution in [3.05, 3.63) is 104 Å². The normalized spacial score (nSPS) is 10.4. The van der Waals surface area contributed by atoms with Gasteiger partial charge in [0.2, 0.25) is 0 Å². The van der Waals surface area contributed by atoms with Crippen molar-refractivity contribution in [2.24, 2.45) is 0 Å². The predicted octanol–water partition coefficient (Wildman–Crippen LogP) is 5.44. The molecule has 0 spiro atoms. The van der Waals surface area contributed by atoms with Crippen LogP contribution in [0.5, 0.6) is 0 Å². The van der Waals surface area contributed by atoms with E-state index < -0.39 is 10.8 Å². The van der Waals surface area contributed by atoms with Crippen molar-refractivity contribution in [3.63, 3.8) is 0 Å². The summed E-state index contributed by atoms with van der Waals surface area (Å²) in [6.45, 7) is 0.610. The molecule has 3 aromatic carbocycles. The molecule has 2 N–H and O–H groups in total. The number of amides is 1. The average Bonchev–Trinajstić information content (AvgIpc) is 2.72. The zero-order valence-electron chi connectivity index (χ0n) is 15.2. The molecule has 0 unspecified atom stereocenters. The minimum atomic E-state index is -0.523. The first kappa shape index (κ1) is 20.6. The molecular weight excluding hydrogens is 413 g/mol. The maximum absolute atomic E-state index is 12.4. The highest BCUT2D eigenvalue weighted by Gasteiger charge is 2.17. The molecule has 0 aliphatic heterocycles. The van der Waals surface area contributed by atoms with E-state index in [1.54, 1.807) is 36.4 Å². The van der Waals surface area contributed by atoms with E-state index in [-0.39, 0.29) is 17.8 Å². The molecule has 0 heterocycles. The molecular formula is C21H17Cl2N3O3. The molecule has 3 aromatic rings. The van der Waals surface area contributed by atoms with E-state index in [0.717, 1.165) is 11.1 Å². The first-order valence-electron chi connectivity index (χ1n) is 8.72. The highest BCUT2D eigenvalue weighted by Crippen LogP contribution is 2.27. The topological polar surface area (TPSA) is 84.3 Å². The zero-order chi connectivity index (χ0) is 20.8. The average molecular weight is 430 g/mol. The summed E-state index contributed by atoms with van der Waals surface area (Å²) in [5, 5.41) is 18.4. The highest BCUT2D eigenvalue weighted by molar-refractivity contribution is 6.31. The van der Waals surface area contributed by atoms with Crippen molar-refractivity contribution in [1.82, 2.24) is 5.32 Å². The number of carbonyl (C=O) groups is 1. The van der Waals surface area contributed by atoms with Gasteiger partial charge in [-0.2, -0.15) is 0 Å². The third kappa shape index (κ3) is 5.47. The lowest BCUT2D eigenvalue weighted by molar-refractivity contribution is -0.384. The summed E-state index contributed by atoms with van der Waals surface area (Å²) >= 11 is 12.0. The van der Waals surface area contributed by atoms with Gasteiger partial charge in [0.05, 0.1) is 4.92 Å². The largest absolute Gasteiger partial charge is 0.375 e. The van der Waals surface area contributed by atoms with Crippen LogP contribution in [-0.4, -0.2) is 10.8 Å². The lowest BCUT2D eigenvalue weighted by Gasteiger charge is -2.10. The second-order valence-electron chi connectivity index (χ2n) is 6.24. The van der Waals surface area contributed by atoms with Crippen molar-refractivity contribution in [3.8, 4) is 0 Å². The van der Waals surface area contributed by atoms with Crippen LogP contribution in [0.2, 0.25) is 10.0 Å². The Kier molecular flexibility index (Phi) is 6.69. The van der Waals surface area contributed by atoms with Gasteiger partial charge < -0.3 is 10.6 Å². The number of halogens is 2. The molecule has 0 saturated carbocycles. The SMILES string of the molecule is O=C(NCc1ccc(Cl)cc1)c1ccc(NCc2ccccc2Cl)c([N+](=O)[O-])c1. The van der Waals surface area contributed by atoms with E-state index in [1.165, 1.54) is 12.1 Å². The van der Waals surface area contributed by atoms with Crippen LogP contribution in [0.25, 0.3) is 0 Å². The third-order valence-electron chi connectivity index (χ3n) is 4.25. The summed E-state index contributed by atoms with van der Waals surface area (Å²) in [7, 11) is 0. The Balaban J connectivity index is 1.71. The van der Waals surface area contributed by atoms with Gasteiger partial charge in [-0.3, -0.25) is 14.9 Å². The van der Waals surface area contributed by atoms with Crippen molar-refractivity contribution in [2.75, 3.05) is 5.32 Å². The van der Waals surface area contributed by atoms with Gasteiger partial charge in [-0.25, -0.2) is 0 Å². The fourth-order valence-corrected chi connectivity index (χ4v) is 3.02. The first-order valence-corrected chi connectivity index (χ1v) is 9.48. The van der Waals surface area contributed by atoms with Crippen molar-refractivity contribution >= 4 is 40.5 Å². The second-order valence-corrected chi connectivity index (χ2v) is 7.09. The number of nitro groups is 1. The van der Waals surface area contributed by atoms with Gasteiger partial charge in [-0.05, 0) is 41.5 Å². The van der Waals surface area contributed by atoms with Crippen molar-refractivity contribution in [1.29, 1.82) is 0 Å². The Hall–Kier alpha value is -3.09. The summed E-state index contributed by atoms with van der Waals surface area (Å²) < 4.78 is 0. The minimum absolute atomic E-state index is 0.184. The number of nitrogens with zero attached hydrogens (tertiary/aromatic N) is 1. The Morgan fingerprint density at radius 3 is 2.38 bits per heavy atom. The number of benzene rings is 3. The molecule has 0 aliphatic carbocycles. The Morgan fingerprint density at radius 1 is 0.966 bits per heavy atom. The maximum Gasteiger partial charge on any atom is 0.293 e. The van der Waals surface area contributed by atoms with Crippen molar-refractivity contribution in [2.45, 2.75) is 13.1 Å². The van der Waals surface area contributed by atoms with Gasteiger partial charge >= 0.3 is 0 Å². The summed E-state index contributed by atoms with van der Waals surface area (Å²) in [6.07, 6.45) is 0. The van der Waals surface area contributed by atoms with Crippen LogP contribution >= 0.6 is 23.2 Å². The predicted molar refractivity (Wildman–Crippen MR) is 114 cm³/mol. The molecule has 0 fully saturated rings. The fourth-order valence-electron chi connectivity index (χ4n) is 2.69. The summed E-state index contributed by atoms with van der Waals surface area (Å²) in [6, 6.07) is 18.6. The van der Waals surface area contributed by atoms with Crippen LogP contribution in [0.4, 0.5) is 11.4 Å². The number of carbonyl (C=O) groups excluding carboxylic acids is 1. The van der Waals surface area contributed by atoms with Crippen LogP contribution in [-0.2, 0) is 13.1 Å². The van der Waals surface area contributed by atoms with Crippen LogP contribution < -0.4 is 10.6 Å². The molecule has 29 heavy (non-hydrogen) atoms. The Morgan fingerprint density at radius 2 is 1.69 bits per heavy atom. The second kappa shape index (κ2) is 9.41. The Labute approximate surface area is 177 Å². The highest BCUT2D eigenvalue weighted by atomic mass is 35.5. The quantitative estimate of drug-likeness (QED) is 0.386. The Bertz CT molecular complexity index is 1040. The molecule has 8 heteroatoms. The van der Waals surface area contributed by atoms with Crippen molar-refractivity contribution < 1.29 is 9.72 Å². The standard InChI is InChI=1S/C21H17Cl2N3O3/c22-17-8-5-14(6-9-17)12-25-21(27)15-7-10-19(20(11-15)26(28)29)24-13-16-3-1-2-4-18(16)23/h1-11,24H,12-13H2,(H,25,27). The van der Waals surface area contributed by atoms with Crippen LogP contribution in [0.1, 0.15) is 21.5 Å². The maximum atomic E-state index is 12.4. The van der Waals surface area contributed by atoms with Gasteiger partial charge in [0.1, 0.15) is 5.69 Å². The number of hydrogen-bond donors (Lipinski definition) is 2. The van der Waals surface area contributed by atoms with E-state index in [4.69, 9.17) is 23.2 Å². The molecule has 0 radical (unpaired) electrons. The van der Waals surface area contributed by atoms with E-state index in [2.05, 4.69) is 10.6 Å². The third-order valence-corrected chi connectivity index (χ3v) is 4.87. The van der Waals surface area contributed by atoms with E-state index >= 15 is 0 Å². The summed E-state index contributed by atoms with van der Waals surface area (Å²) in [4.78, 5) is 23.4. The molecule has 0 aromatic heterocycles. The van der Waals surface area contributed by atoms with E-state index in [9.17, 15) is 14.9 Å². The molecule has 148 valence electrons. The number of anilines is 1. The van der Waals surface area contributed by atoms with Crippen LogP contribution in [0.15, 0.2) is 66.7 Å². The van der Waals surface area contributed by atoms with Gasteiger partial charge in [0.25, 0.3) is 11.6 Å². The monoisotopic (exact) mass is 429 g/mol. The molecule has 1 amide bonds. The van der Waals surface area contributed by atoms with Gasteiger partial charge in [-0.1, -0.05) is 53.5 Å². The zero-order valence-corrected chi connectivity index (χ0v) is 16.7. The lowest BCUT2D eigenvalue weighted by atomic mass is 10.1. The summed E-state index contributed by atoms with van der Waals surface area (Å²) in [5.41, 5.74) is 2.01. The van der Waals surface area contributed by atoms with Gasteiger partial charge in [-0.15, -0.1) is 0 Å². The number of nitro benzene ring substituents is 1. The molecule has 0 bridgehead atoms. The molecule has 0 atom stereocenters. The molecule has 0 saturated heterocycles. The molecule has 0 aliphatic rings. The number of nitrogens with one attached hydrogen (secondary N) is 2. The van der Waals surface area contributed by atoms with Crippen LogP contribution in [0, 0.1) is 10.1 Å².